The Bertz CT molecular complexity index is 596. The van der Waals surface area contributed by atoms with Crippen molar-refractivity contribution in [2.75, 3.05) is 13.2 Å². The van der Waals surface area contributed by atoms with Crippen molar-refractivity contribution in [1.29, 1.82) is 0 Å². The zero-order valence-corrected chi connectivity index (χ0v) is 19.7. The minimum absolute atomic E-state index is 0.0161. The molecule has 160 valence electrons. The molecule has 0 unspecified atom stereocenters. The molecule has 0 radical (unpaired) electrons. The van der Waals surface area contributed by atoms with E-state index in [1.807, 2.05) is 43.6 Å². The van der Waals surface area contributed by atoms with Crippen LogP contribution in [0.2, 0.25) is 25.7 Å². The van der Waals surface area contributed by atoms with Crippen LogP contribution in [0.25, 0.3) is 0 Å². The van der Waals surface area contributed by atoms with Crippen LogP contribution in [0, 0.1) is 5.92 Å². The summed E-state index contributed by atoms with van der Waals surface area (Å²) in [7, 11) is -1.26. The number of amides is 2. The highest BCUT2D eigenvalue weighted by Gasteiger charge is 2.52. The van der Waals surface area contributed by atoms with Crippen LogP contribution in [0.4, 0.5) is 9.59 Å². The summed E-state index contributed by atoms with van der Waals surface area (Å²) >= 11 is 0. The van der Waals surface area contributed by atoms with Crippen molar-refractivity contribution in [3.05, 3.63) is 12.7 Å². The fourth-order valence-electron chi connectivity index (χ4n) is 4.08. The van der Waals surface area contributed by atoms with Gasteiger partial charge in [0.05, 0.1) is 24.7 Å². The highest BCUT2D eigenvalue weighted by atomic mass is 28.3. The van der Waals surface area contributed by atoms with Crippen molar-refractivity contribution < 1.29 is 19.1 Å². The number of carbonyl (C=O) groups is 2. The molecule has 7 heteroatoms. The summed E-state index contributed by atoms with van der Waals surface area (Å²) in [4.78, 5) is 29.4. The van der Waals surface area contributed by atoms with E-state index in [-0.39, 0.29) is 36.2 Å². The SMILES string of the molecule is C=C[C@H](C)[C@H]1[C@@H]2CC[C@H](CN1C(=O)OCC[Si](C)(C)C)N2C(=O)OC(C)(C)C. The van der Waals surface area contributed by atoms with E-state index in [9.17, 15) is 9.59 Å². The van der Waals surface area contributed by atoms with Gasteiger partial charge in [0.15, 0.2) is 0 Å². The standard InChI is InChI=1S/C21H38N2O4Si/c1-9-15(2)18-17-11-10-16(23(17)20(25)27-21(3,4)5)14-22(18)19(24)26-12-13-28(6,7)8/h9,15-18H,1,10-14H2,2-8H3/t15-,16+,17-,18-/m0/s1. The molecule has 0 aliphatic carbocycles. The lowest BCUT2D eigenvalue weighted by molar-refractivity contribution is -0.0278. The van der Waals surface area contributed by atoms with E-state index in [1.54, 1.807) is 0 Å². The first-order chi connectivity index (χ1) is 12.8. The number of carbonyl (C=O) groups excluding carboxylic acids is 2. The van der Waals surface area contributed by atoms with Gasteiger partial charge >= 0.3 is 12.2 Å². The topological polar surface area (TPSA) is 59.1 Å². The molecule has 2 rings (SSSR count). The minimum atomic E-state index is -1.26. The van der Waals surface area contributed by atoms with Crippen molar-refractivity contribution in [2.24, 2.45) is 5.92 Å². The Labute approximate surface area is 171 Å². The van der Waals surface area contributed by atoms with E-state index in [0.29, 0.717) is 13.2 Å². The molecule has 4 atom stereocenters. The normalized spacial score (nSPS) is 26.0. The molecule has 0 N–H and O–H groups in total. The van der Waals surface area contributed by atoms with Gasteiger partial charge in [-0.2, -0.15) is 0 Å². The summed E-state index contributed by atoms with van der Waals surface area (Å²) in [5.74, 6) is 0.0542. The van der Waals surface area contributed by atoms with Crippen LogP contribution >= 0.6 is 0 Å². The van der Waals surface area contributed by atoms with Crippen LogP contribution in [0.1, 0.15) is 40.5 Å². The molecule has 28 heavy (non-hydrogen) atoms. The number of likely N-dealkylation sites (tertiary alicyclic amines) is 1. The summed E-state index contributed by atoms with van der Waals surface area (Å²) in [5.41, 5.74) is -0.539. The molecule has 0 aromatic heterocycles. The number of hydrogen-bond acceptors (Lipinski definition) is 4. The van der Waals surface area contributed by atoms with E-state index >= 15 is 0 Å². The average molecular weight is 411 g/mol. The molecule has 0 saturated carbocycles. The lowest BCUT2D eigenvalue weighted by Gasteiger charge is -2.48. The van der Waals surface area contributed by atoms with Crippen molar-refractivity contribution in [3.8, 4) is 0 Å². The van der Waals surface area contributed by atoms with Gasteiger partial charge in [0.2, 0.25) is 0 Å². The molecule has 2 aliphatic heterocycles. The van der Waals surface area contributed by atoms with Gasteiger partial charge in [0.25, 0.3) is 0 Å². The molecule has 0 aromatic carbocycles. The van der Waals surface area contributed by atoms with Gasteiger partial charge in [-0.3, -0.25) is 4.90 Å². The Balaban J connectivity index is 2.16. The number of nitrogens with zero attached hydrogens (tertiary/aromatic N) is 2. The van der Waals surface area contributed by atoms with Crippen LogP contribution in [0.3, 0.4) is 0 Å². The second kappa shape index (κ2) is 8.47. The molecular formula is C21H38N2O4Si. The van der Waals surface area contributed by atoms with Gasteiger partial charge in [-0.1, -0.05) is 32.6 Å². The van der Waals surface area contributed by atoms with E-state index in [0.717, 1.165) is 18.9 Å². The zero-order chi connectivity index (χ0) is 21.3. The molecule has 2 saturated heterocycles. The quantitative estimate of drug-likeness (QED) is 0.485. The maximum atomic E-state index is 12.9. The Kier molecular flexibility index (Phi) is 6.89. The minimum Gasteiger partial charge on any atom is -0.450 e. The molecule has 2 fully saturated rings. The fraction of sp³-hybridized carbons (Fsp3) is 0.810. The Morgan fingerprint density at radius 1 is 1.21 bits per heavy atom. The largest absolute Gasteiger partial charge is 0.450 e. The number of rotatable bonds is 5. The maximum Gasteiger partial charge on any atom is 0.410 e. The Hall–Kier alpha value is -1.50. The Morgan fingerprint density at radius 2 is 1.86 bits per heavy atom. The van der Waals surface area contributed by atoms with E-state index in [4.69, 9.17) is 9.47 Å². The Morgan fingerprint density at radius 3 is 2.39 bits per heavy atom. The smallest absolute Gasteiger partial charge is 0.410 e. The fourth-order valence-corrected chi connectivity index (χ4v) is 4.79. The summed E-state index contributed by atoms with van der Waals surface area (Å²) in [6, 6.07) is 0.734. The van der Waals surface area contributed by atoms with Gasteiger partial charge in [0, 0.05) is 14.6 Å². The summed E-state index contributed by atoms with van der Waals surface area (Å²) in [6.07, 6.45) is 3.05. The molecule has 2 heterocycles. The van der Waals surface area contributed by atoms with Crippen molar-refractivity contribution in [2.45, 2.75) is 89.9 Å². The van der Waals surface area contributed by atoms with E-state index in [1.165, 1.54) is 0 Å². The van der Waals surface area contributed by atoms with Gasteiger partial charge in [-0.05, 0) is 45.6 Å². The number of hydrogen-bond donors (Lipinski definition) is 0. The van der Waals surface area contributed by atoms with Crippen molar-refractivity contribution in [3.63, 3.8) is 0 Å². The summed E-state index contributed by atoms with van der Waals surface area (Å²) in [6.45, 7) is 19.4. The van der Waals surface area contributed by atoms with Crippen molar-refractivity contribution in [1.82, 2.24) is 9.80 Å². The van der Waals surface area contributed by atoms with E-state index < -0.39 is 13.7 Å². The highest BCUT2D eigenvalue weighted by molar-refractivity contribution is 6.76. The first-order valence-corrected chi connectivity index (χ1v) is 14.1. The molecule has 2 aliphatic rings. The molecule has 0 aromatic rings. The average Bonchev–Trinajstić information content (AvgIpc) is 2.85. The molecule has 6 nitrogen and oxygen atoms in total. The van der Waals surface area contributed by atoms with Gasteiger partial charge in [-0.15, -0.1) is 6.58 Å². The monoisotopic (exact) mass is 410 g/mol. The molecule has 0 spiro atoms. The molecule has 2 amide bonds. The van der Waals surface area contributed by atoms with E-state index in [2.05, 4.69) is 26.2 Å². The summed E-state index contributed by atoms with van der Waals surface area (Å²) in [5, 5.41) is 0. The second-order valence-electron chi connectivity index (χ2n) is 10.3. The molecule has 2 bridgehead atoms. The van der Waals surface area contributed by atoms with Crippen molar-refractivity contribution >= 4 is 20.3 Å². The van der Waals surface area contributed by atoms with Crippen LogP contribution in [0.5, 0.6) is 0 Å². The maximum absolute atomic E-state index is 12.9. The zero-order valence-electron chi connectivity index (χ0n) is 18.7. The number of ether oxygens (including phenoxy) is 2. The predicted octanol–water partition coefficient (Wildman–Crippen LogP) is 4.74. The van der Waals surface area contributed by atoms with Crippen LogP contribution in [0.15, 0.2) is 12.7 Å². The highest BCUT2D eigenvalue weighted by Crippen LogP contribution is 2.38. The lowest BCUT2D eigenvalue weighted by atomic mass is 9.91. The van der Waals surface area contributed by atoms with Crippen LogP contribution < -0.4 is 0 Å². The predicted molar refractivity (Wildman–Crippen MR) is 114 cm³/mol. The van der Waals surface area contributed by atoms with Crippen LogP contribution in [-0.4, -0.2) is 66.9 Å². The third kappa shape index (κ3) is 5.52. The van der Waals surface area contributed by atoms with Gasteiger partial charge in [-0.25, -0.2) is 9.59 Å². The molecular weight excluding hydrogens is 372 g/mol. The number of fused-ring (bicyclic) bond motifs is 2. The van der Waals surface area contributed by atoms with Gasteiger partial charge in [0.1, 0.15) is 5.60 Å². The van der Waals surface area contributed by atoms with Crippen LogP contribution in [-0.2, 0) is 9.47 Å². The first-order valence-electron chi connectivity index (χ1n) is 10.4. The third-order valence-corrected chi connectivity index (χ3v) is 7.24. The second-order valence-corrected chi connectivity index (χ2v) is 16.0. The lowest BCUT2D eigenvalue weighted by Crippen LogP contribution is -2.64. The number of piperazine rings is 1. The third-order valence-electron chi connectivity index (χ3n) is 5.53. The van der Waals surface area contributed by atoms with Gasteiger partial charge < -0.3 is 14.4 Å². The summed E-state index contributed by atoms with van der Waals surface area (Å²) < 4.78 is 11.3. The first kappa shape index (κ1) is 22.8.